The fourth-order valence-electron chi connectivity index (χ4n) is 2.09. The fourth-order valence-corrected chi connectivity index (χ4v) is 3.55. The van der Waals surface area contributed by atoms with E-state index in [1.54, 1.807) is 35.9 Å². The Balaban J connectivity index is 2.08. The Morgan fingerprint density at radius 3 is 2.73 bits per heavy atom. The number of hydrogen-bond donors (Lipinski definition) is 0. The van der Waals surface area contributed by atoms with Crippen molar-refractivity contribution in [2.45, 2.75) is 6.92 Å². The molecule has 0 amide bonds. The molecule has 0 aliphatic heterocycles. The second kappa shape index (κ2) is 6.16. The van der Waals surface area contributed by atoms with Gasteiger partial charge in [-0.3, -0.25) is 9.78 Å². The molecular weight excluding hydrogens is 339 g/mol. The van der Waals surface area contributed by atoms with Crippen molar-refractivity contribution in [1.29, 1.82) is 0 Å². The molecule has 0 saturated heterocycles. The van der Waals surface area contributed by atoms with Crippen LogP contribution in [-0.2, 0) is 0 Å². The van der Waals surface area contributed by atoms with Gasteiger partial charge >= 0.3 is 0 Å². The number of aryl methyl sites for hydroxylation is 1. The van der Waals surface area contributed by atoms with Gasteiger partial charge in [-0.2, -0.15) is 0 Å². The lowest BCUT2D eigenvalue weighted by molar-refractivity contribution is 0.108. The van der Waals surface area contributed by atoms with Crippen LogP contribution >= 0.6 is 34.5 Å². The lowest BCUT2D eigenvalue weighted by Crippen LogP contribution is -1.91. The maximum Gasteiger partial charge on any atom is 0.253 e. The average Bonchev–Trinajstić information content (AvgIpc) is 2.90. The summed E-state index contributed by atoms with van der Waals surface area (Å²) in [5.74, 6) is 0. The van der Waals surface area contributed by atoms with Crippen molar-refractivity contribution in [3.8, 4) is 21.0 Å². The zero-order chi connectivity index (χ0) is 15.7. The van der Waals surface area contributed by atoms with E-state index in [2.05, 4.69) is 9.97 Å². The van der Waals surface area contributed by atoms with Gasteiger partial charge in [0.05, 0.1) is 21.2 Å². The molecule has 1 aromatic carbocycles. The lowest BCUT2D eigenvalue weighted by atomic mass is 10.1. The van der Waals surface area contributed by atoms with Crippen molar-refractivity contribution in [3.05, 3.63) is 59.0 Å². The van der Waals surface area contributed by atoms with Gasteiger partial charge in [0.1, 0.15) is 5.01 Å². The van der Waals surface area contributed by atoms with E-state index >= 15 is 0 Å². The van der Waals surface area contributed by atoms with Gasteiger partial charge in [0, 0.05) is 18.0 Å². The average molecular weight is 349 g/mol. The number of carbonyl (C=O) groups excluding carboxylic acids is 1. The SMILES string of the molecule is Cc1nc(-c2cccnc2)sc1-c1ccc(Cl)c(C(=O)Cl)c1. The highest BCUT2D eigenvalue weighted by molar-refractivity contribution is 7.18. The molecule has 0 bridgehead atoms. The summed E-state index contributed by atoms with van der Waals surface area (Å²) in [5, 5.41) is 0.661. The third-order valence-corrected chi connectivity index (χ3v) is 4.93. The smallest absolute Gasteiger partial charge is 0.253 e. The van der Waals surface area contributed by atoms with Crippen molar-refractivity contribution < 1.29 is 4.79 Å². The first-order valence-electron chi connectivity index (χ1n) is 6.44. The maximum atomic E-state index is 11.4. The zero-order valence-electron chi connectivity index (χ0n) is 11.5. The van der Waals surface area contributed by atoms with Crippen LogP contribution < -0.4 is 0 Å². The van der Waals surface area contributed by atoms with E-state index in [4.69, 9.17) is 23.2 Å². The van der Waals surface area contributed by atoms with E-state index in [0.29, 0.717) is 10.6 Å². The molecule has 2 aromatic heterocycles. The minimum Gasteiger partial charge on any atom is -0.276 e. The van der Waals surface area contributed by atoms with Crippen LogP contribution in [0.2, 0.25) is 5.02 Å². The molecule has 2 heterocycles. The van der Waals surface area contributed by atoms with Gasteiger partial charge < -0.3 is 0 Å². The van der Waals surface area contributed by atoms with Crippen LogP contribution in [0.5, 0.6) is 0 Å². The van der Waals surface area contributed by atoms with Crippen molar-refractivity contribution in [2.24, 2.45) is 0 Å². The van der Waals surface area contributed by atoms with Crippen LogP contribution in [0.15, 0.2) is 42.7 Å². The van der Waals surface area contributed by atoms with Crippen molar-refractivity contribution in [2.75, 3.05) is 0 Å². The molecule has 0 radical (unpaired) electrons. The minimum absolute atomic E-state index is 0.302. The number of nitrogens with zero attached hydrogens (tertiary/aromatic N) is 2. The molecular formula is C16H10Cl2N2OS. The molecule has 3 rings (SSSR count). The highest BCUT2D eigenvalue weighted by Crippen LogP contribution is 2.36. The van der Waals surface area contributed by atoms with Crippen LogP contribution in [-0.4, -0.2) is 15.2 Å². The first-order chi connectivity index (χ1) is 10.6. The number of hydrogen-bond acceptors (Lipinski definition) is 4. The summed E-state index contributed by atoms with van der Waals surface area (Å²) in [5.41, 5.74) is 3.03. The minimum atomic E-state index is -0.568. The van der Waals surface area contributed by atoms with E-state index in [-0.39, 0.29) is 0 Å². The number of aromatic nitrogens is 2. The normalized spacial score (nSPS) is 10.7. The molecule has 0 saturated carbocycles. The first kappa shape index (κ1) is 15.2. The Morgan fingerprint density at radius 1 is 1.23 bits per heavy atom. The molecule has 110 valence electrons. The summed E-state index contributed by atoms with van der Waals surface area (Å²) < 4.78 is 0. The second-order valence-corrected chi connectivity index (χ2v) is 6.39. The zero-order valence-corrected chi connectivity index (χ0v) is 13.8. The molecule has 0 aliphatic rings. The highest BCUT2D eigenvalue weighted by atomic mass is 35.5. The molecule has 0 atom stereocenters. The molecule has 0 aliphatic carbocycles. The molecule has 0 N–H and O–H groups in total. The lowest BCUT2D eigenvalue weighted by Gasteiger charge is -2.03. The first-order valence-corrected chi connectivity index (χ1v) is 8.01. The van der Waals surface area contributed by atoms with Crippen LogP contribution in [0.1, 0.15) is 16.1 Å². The molecule has 0 fully saturated rings. The molecule has 6 heteroatoms. The van der Waals surface area contributed by atoms with E-state index in [1.165, 1.54) is 0 Å². The third-order valence-electron chi connectivity index (χ3n) is 3.15. The van der Waals surface area contributed by atoms with Crippen LogP contribution in [0.4, 0.5) is 0 Å². The summed E-state index contributed by atoms with van der Waals surface area (Å²) in [7, 11) is 0. The Hall–Kier alpha value is -1.75. The molecule has 3 aromatic rings. The van der Waals surface area contributed by atoms with Crippen LogP contribution in [0.3, 0.4) is 0 Å². The van der Waals surface area contributed by atoms with Gasteiger partial charge in [0.2, 0.25) is 0 Å². The van der Waals surface area contributed by atoms with E-state index < -0.39 is 5.24 Å². The molecule has 3 nitrogen and oxygen atoms in total. The second-order valence-electron chi connectivity index (χ2n) is 4.64. The van der Waals surface area contributed by atoms with Gasteiger partial charge in [-0.15, -0.1) is 11.3 Å². The van der Waals surface area contributed by atoms with Crippen molar-refractivity contribution >= 4 is 39.8 Å². The van der Waals surface area contributed by atoms with E-state index in [9.17, 15) is 4.79 Å². The van der Waals surface area contributed by atoms with Gasteiger partial charge in [-0.05, 0) is 48.4 Å². The Kier molecular flexibility index (Phi) is 4.25. The Labute approximate surface area is 141 Å². The summed E-state index contributed by atoms with van der Waals surface area (Å²) in [6.45, 7) is 1.93. The van der Waals surface area contributed by atoms with Crippen molar-refractivity contribution in [1.82, 2.24) is 9.97 Å². The summed E-state index contributed by atoms with van der Waals surface area (Å²) in [6, 6.07) is 9.07. The Bertz CT molecular complexity index is 847. The third kappa shape index (κ3) is 2.90. The van der Waals surface area contributed by atoms with E-state index in [1.807, 2.05) is 25.1 Å². The molecule has 22 heavy (non-hydrogen) atoms. The van der Waals surface area contributed by atoms with Gasteiger partial charge in [0.15, 0.2) is 0 Å². The monoisotopic (exact) mass is 348 g/mol. The Morgan fingerprint density at radius 2 is 2.05 bits per heavy atom. The maximum absolute atomic E-state index is 11.4. The summed E-state index contributed by atoms with van der Waals surface area (Å²) >= 11 is 13.1. The number of pyridine rings is 1. The number of carbonyl (C=O) groups is 1. The molecule has 0 unspecified atom stereocenters. The quantitative estimate of drug-likeness (QED) is 0.610. The summed E-state index contributed by atoms with van der Waals surface area (Å²) in [4.78, 5) is 21.1. The largest absolute Gasteiger partial charge is 0.276 e. The standard InChI is InChI=1S/C16H10Cl2N2OS/c1-9-14(10-4-5-13(17)12(7-10)15(18)21)22-16(20-9)11-3-2-6-19-8-11/h2-8H,1H3. The van der Waals surface area contributed by atoms with Gasteiger partial charge in [-0.25, -0.2) is 4.98 Å². The van der Waals surface area contributed by atoms with Crippen molar-refractivity contribution in [3.63, 3.8) is 0 Å². The van der Waals surface area contributed by atoms with Gasteiger partial charge in [0.25, 0.3) is 5.24 Å². The number of thiazole rings is 1. The predicted molar refractivity (Wildman–Crippen MR) is 90.7 cm³/mol. The van der Waals surface area contributed by atoms with Gasteiger partial charge in [-0.1, -0.05) is 17.7 Å². The van der Waals surface area contributed by atoms with Crippen LogP contribution in [0, 0.1) is 6.92 Å². The topological polar surface area (TPSA) is 42.9 Å². The number of rotatable bonds is 3. The fraction of sp³-hybridized carbons (Fsp3) is 0.0625. The number of halogens is 2. The van der Waals surface area contributed by atoms with E-state index in [0.717, 1.165) is 26.7 Å². The summed E-state index contributed by atoms with van der Waals surface area (Å²) in [6.07, 6.45) is 3.50. The highest BCUT2D eigenvalue weighted by Gasteiger charge is 2.14. The predicted octanol–water partition coefficient (Wildman–Crippen LogP) is 5.21. The molecule has 0 spiro atoms. The number of benzene rings is 1. The van der Waals surface area contributed by atoms with Crippen LogP contribution in [0.25, 0.3) is 21.0 Å².